The smallest absolute Gasteiger partial charge is 0.126 e. The summed E-state index contributed by atoms with van der Waals surface area (Å²) < 4.78 is 13.3. The molecule has 0 atom stereocenters. The molecule has 0 amide bonds. The molecule has 0 radical (unpaired) electrons. The van der Waals surface area contributed by atoms with Crippen molar-refractivity contribution in [3.05, 3.63) is 29.6 Å². The first-order valence-electron chi connectivity index (χ1n) is 5.33. The number of anilines is 1. The number of likely N-dealkylation sites (N-methyl/N-ethyl adjacent to an activating group) is 1. The van der Waals surface area contributed by atoms with Gasteiger partial charge in [0.15, 0.2) is 0 Å². The van der Waals surface area contributed by atoms with Crippen LogP contribution in [0.15, 0.2) is 18.2 Å². The van der Waals surface area contributed by atoms with E-state index < -0.39 is 0 Å². The van der Waals surface area contributed by atoms with E-state index in [-0.39, 0.29) is 5.82 Å². The van der Waals surface area contributed by atoms with Crippen molar-refractivity contribution in [2.75, 3.05) is 38.1 Å². The summed E-state index contributed by atoms with van der Waals surface area (Å²) >= 11 is 0. The molecule has 1 heterocycles. The first-order chi connectivity index (χ1) is 7.69. The number of nitrogens with zero attached hydrogens (tertiary/aromatic N) is 3. The highest BCUT2D eigenvalue weighted by Crippen LogP contribution is 2.19. The highest BCUT2D eigenvalue weighted by Gasteiger charge is 2.15. The van der Waals surface area contributed by atoms with Crippen LogP contribution in [0, 0.1) is 17.1 Å². The van der Waals surface area contributed by atoms with E-state index in [0.717, 1.165) is 31.9 Å². The van der Waals surface area contributed by atoms with Crippen LogP contribution in [0.3, 0.4) is 0 Å². The summed E-state index contributed by atoms with van der Waals surface area (Å²) in [5.74, 6) is -0.340. The van der Waals surface area contributed by atoms with Crippen LogP contribution >= 0.6 is 0 Å². The molecule has 1 aliphatic heterocycles. The van der Waals surface area contributed by atoms with Gasteiger partial charge in [-0.15, -0.1) is 0 Å². The Hall–Kier alpha value is -1.60. The molecule has 0 saturated carbocycles. The summed E-state index contributed by atoms with van der Waals surface area (Å²) in [4.78, 5) is 4.35. The highest BCUT2D eigenvalue weighted by molar-refractivity contribution is 5.52. The number of halogens is 1. The van der Waals surface area contributed by atoms with E-state index in [4.69, 9.17) is 5.26 Å². The molecule has 0 bridgehead atoms. The standard InChI is InChI=1S/C12H14FN3/c1-15-2-4-16(5-3-15)12-7-10(9-14)6-11(13)8-12/h6-8H,2-5H2,1H3. The van der Waals surface area contributed by atoms with Gasteiger partial charge in [-0.1, -0.05) is 0 Å². The van der Waals surface area contributed by atoms with Gasteiger partial charge in [-0.3, -0.25) is 0 Å². The molecule has 1 aliphatic rings. The van der Waals surface area contributed by atoms with Crippen molar-refractivity contribution in [3.8, 4) is 6.07 Å². The minimum absolute atomic E-state index is 0.340. The van der Waals surface area contributed by atoms with Crippen molar-refractivity contribution in [3.63, 3.8) is 0 Å². The Morgan fingerprint density at radius 3 is 2.50 bits per heavy atom. The monoisotopic (exact) mass is 219 g/mol. The second-order valence-electron chi connectivity index (χ2n) is 4.10. The molecule has 84 valence electrons. The van der Waals surface area contributed by atoms with Crippen molar-refractivity contribution < 1.29 is 4.39 Å². The highest BCUT2D eigenvalue weighted by atomic mass is 19.1. The van der Waals surface area contributed by atoms with Crippen LogP contribution in [0.2, 0.25) is 0 Å². The minimum atomic E-state index is -0.340. The second kappa shape index (κ2) is 4.50. The SMILES string of the molecule is CN1CCN(c2cc(F)cc(C#N)c2)CC1. The molecule has 1 aromatic carbocycles. The minimum Gasteiger partial charge on any atom is -0.369 e. The van der Waals surface area contributed by atoms with Crippen LogP contribution in [-0.4, -0.2) is 38.1 Å². The maximum Gasteiger partial charge on any atom is 0.126 e. The van der Waals surface area contributed by atoms with Gasteiger partial charge in [-0.05, 0) is 25.2 Å². The largest absolute Gasteiger partial charge is 0.369 e. The summed E-state index contributed by atoms with van der Waals surface area (Å²) in [6, 6.07) is 6.48. The van der Waals surface area contributed by atoms with Crippen LogP contribution in [0.25, 0.3) is 0 Å². The number of piperazine rings is 1. The van der Waals surface area contributed by atoms with Crippen molar-refractivity contribution in [1.29, 1.82) is 5.26 Å². The van der Waals surface area contributed by atoms with E-state index in [2.05, 4.69) is 16.8 Å². The predicted molar refractivity (Wildman–Crippen MR) is 60.8 cm³/mol. The van der Waals surface area contributed by atoms with Gasteiger partial charge in [0.1, 0.15) is 5.82 Å². The molecule has 0 aromatic heterocycles. The van der Waals surface area contributed by atoms with Gasteiger partial charge >= 0.3 is 0 Å². The van der Waals surface area contributed by atoms with Crippen molar-refractivity contribution >= 4 is 5.69 Å². The lowest BCUT2D eigenvalue weighted by molar-refractivity contribution is 0.312. The Kier molecular flexibility index (Phi) is 3.07. The van der Waals surface area contributed by atoms with E-state index in [1.165, 1.54) is 12.1 Å². The third kappa shape index (κ3) is 2.31. The number of nitriles is 1. The Bertz CT molecular complexity index is 417. The second-order valence-corrected chi connectivity index (χ2v) is 4.10. The van der Waals surface area contributed by atoms with Crippen molar-refractivity contribution in [1.82, 2.24) is 4.90 Å². The molecule has 1 fully saturated rings. The predicted octanol–water partition coefficient (Wildman–Crippen LogP) is 1.45. The maximum absolute atomic E-state index is 13.3. The van der Waals surface area contributed by atoms with Gasteiger partial charge in [0.05, 0.1) is 11.6 Å². The third-order valence-corrected chi connectivity index (χ3v) is 2.88. The molecule has 16 heavy (non-hydrogen) atoms. The third-order valence-electron chi connectivity index (χ3n) is 2.88. The lowest BCUT2D eigenvalue weighted by Gasteiger charge is -2.34. The Labute approximate surface area is 94.7 Å². The fourth-order valence-corrected chi connectivity index (χ4v) is 1.89. The summed E-state index contributed by atoms with van der Waals surface area (Å²) in [5.41, 5.74) is 1.19. The molecular weight excluding hydrogens is 205 g/mol. The number of benzene rings is 1. The maximum atomic E-state index is 13.3. The summed E-state index contributed by atoms with van der Waals surface area (Å²) in [6.45, 7) is 3.70. The molecule has 0 unspecified atom stereocenters. The van der Waals surface area contributed by atoms with E-state index in [9.17, 15) is 4.39 Å². The fourth-order valence-electron chi connectivity index (χ4n) is 1.89. The average molecular weight is 219 g/mol. The number of hydrogen-bond donors (Lipinski definition) is 0. The molecule has 2 rings (SSSR count). The Balaban J connectivity index is 2.20. The fraction of sp³-hybridized carbons (Fsp3) is 0.417. The first-order valence-corrected chi connectivity index (χ1v) is 5.33. The quantitative estimate of drug-likeness (QED) is 0.716. The van der Waals surface area contributed by atoms with Crippen molar-refractivity contribution in [2.24, 2.45) is 0 Å². The first kappa shape index (κ1) is 10.9. The van der Waals surface area contributed by atoms with Crippen molar-refractivity contribution in [2.45, 2.75) is 0 Å². The van der Waals surface area contributed by atoms with Gasteiger partial charge in [-0.25, -0.2) is 4.39 Å². The van der Waals surface area contributed by atoms with Gasteiger partial charge in [-0.2, -0.15) is 5.26 Å². The van der Waals surface area contributed by atoms with E-state index in [0.29, 0.717) is 5.56 Å². The topological polar surface area (TPSA) is 30.3 Å². The van der Waals surface area contributed by atoms with Crippen LogP contribution in [0.4, 0.5) is 10.1 Å². The zero-order valence-electron chi connectivity index (χ0n) is 9.28. The molecule has 0 N–H and O–H groups in total. The van der Waals surface area contributed by atoms with Gasteiger partial charge < -0.3 is 9.80 Å². The lowest BCUT2D eigenvalue weighted by Crippen LogP contribution is -2.44. The average Bonchev–Trinajstić information content (AvgIpc) is 2.29. The molecule has 1 saturated heterocycles. The van der Waals surface area contributed by atoms with Crippen LogP contribution < -0.4 is 4.90 Å². The molecule has 3 nitrogen and oxygen atoms in total. The lowest BCUT2D eigenvalue weighted by atomic mass is 10.2. The van der Waals surface area contributed by atoms with Crippen LogP contribution in [-0.2, 0) is 0 Å². The van der Waals surface area contributed by atoms with Gasteiger partial charge in [0.25, 0.3) is 0 Å². The van der Waals surface area contributed by atoms with Gasteiger partial charge in [0, 0.05) is 31.9 Å². The van der Waals surface area contributed by atoms with Crippen LogP contribution in [0.1, 0.15) is 5.56 Å². The molecule has 4 heteroatoms. The number of rotatable bonds is 1. The van der Waals surface area contributed by atoms with E-state index in [1.54, 1.807) is 6.07 Å². The number of hydrogen-bond acceptors (Lipinski definition) is 3. The zero-order chi connectivity index (χ0) is 11.5. The van der Waals surface area contributed by atoms with Gasteiger partial charge in [0.2, 0.25) is 0 Å². The summed E-state index contributed by atoms with van der Waals surface area (Å²) in [6.07, 6.45) is 0. The summed E-state index contributed by atoms with van der Waals surface area (Å²) in [7, 11) is 2.07. The molecular formula is C12H14FN3. The zero-order valence-corrected chi connectivity index (χ0v) is 9.28. The molecule has 0 aliphatic carbocycles. The van der Waals surface area contributed by atoms with E-state index in [1.807, 2.05) is 6.07 Å². The summed E-state index contributed by atoms with van der Waals surface area (Å²) in [5, 5.41) is 8.78. The molecule has 1 aromatic rings. The molecule has 0 spiro atoms. The normalized spacial score (nSPS) is 17.2. The van der Waals surface area contributed by atoms with E-state index >= 15 is 0 Å². The van der Waals surface area contributed by atoms with Crippen LogP contribution in [0.5, 0.6) is 0 Å². The Morgan fingerprint density at radius 1 is 1.19 bits per heavy atom. The Morgan fingerprint density at radius 2 is 1.88 bits per heavy atom.